The van der Waals surface area contributed by atoms with Crippen LogP contribution in [-0.2, 0) is 6.42 Å². The molecule has 2 aromatic heterocycles. The molecule has 0 saturated carbocycles. The topological polar surface area (TPSA) is 77.2 Å². The standard InChI is InChI=1S/C13H12N6O/c1-2-4-11-9(3-1)7-10(20-11)8-14-12-5-6-13-15-17-18-19(13)16-12/h1-6,10H,7-8H2,(H,14,16). The van der Waals surface area contributed by atoms with Crippen LogP contribution < -0.4 is 10.1 Å². The van der Waals surface area contributed by atoms with Gasteiger partial charge in [-0.2, -0.15) is 0 Å². The molecule has 7 nitrogen and oxygen atoms in total. The molecule has 0 spiro atoms. The molecule has 3 aromatic rings. The highest BCUT2D eigenvalue weighted by atomic mass is 16.5. The summed E-state index contributed by atoms with van der Waals surface area (Å²) in [6.45, 7) is 0.690. The molecule has 1 aromatic carbocycles. The van der Waals surface area contributed by atoms with Gasteiger partial charge in [0.05, 0.1) is 6.54 Å². The van der Waals surface area contributed by atoms with Crippen LogP contribution in [0.25, 0.3) is 5.65 Å². The lowest BCUT2D eigenvalue weighted by molar-refractivity contribution is 0.246. The van der Waals surface area contributed by atoms with Crippen molar-refractivity contribution >= 4 is 11.5 Å². The van der Waals surface area contributed by atoms with Gasteiger partial charge in [0.25, 0.3) is 0 Å². The number of hydrogen-bond donors (Lipinski definition) is 1. The second kappa shape index (κ2) is 4.44. The SMILES string of the molecule is c1ccc2c(c1)CC(CNc1ccc3nnnn3n1)O2. The van der Waals surface area contributed by atoms with Crippen molar-refractivity contribution in [3.05, 3.63) is 42.0 Å². The van der Waals surface area contributed by atoms with Gasteiger partial charge in [-0.15, -0.1) is 14.8 Å². The molecule has 7 heteroatoms. The Bertz CT molecular complexity index is 730. The molecule has 0 fully saturated rings. The van der Waals surface area contributed by atoms with Crippen molar-refractivity contribution in [3.63, 3.8) is 0 Å². The molecule has 0 bridgehead atoms. The molecule has 1 aliphatic heterocycles. The van der Waals surface area contributed by atoms with Crippen LogP contribution in [0.4, 0.5) is 5.82 Å². The summed E-state index contributed by atoms with van der Waals surface area (Å²) in [7, 11) is 0. The molecule has 1 N–H and O–H groups in total. The van der Waals surface area contributed by atoms with Gasteiger partial charge in [-0.05, 0) is 34.2 Å². The zero-order valence-electron chi connectivity index (χ0n) is 10.6. The van der Waals surface area contributed by atoms with Gasteiger partial charge in [-0.25, -0.2) is 0 Å². The van der Waals surface area contributed by atoms with E-state index in [1.165, 1.54) is 10.2 Å². The predicted octanol–water partition coefficient (Wildman–Crippen LogP) is 0.935. The minimum Gasteiger partial charge on any atom is -0.488 e. The Morgan fingerprint density at radius 1 is 1.25 bits per heavy atom. The molecule has 4 rings (SSSR count). The third-order valence-corrected chi connectivity index (χ3v) is 3.29. The highest BCUT2D eigenvalue weighted by Gasteiger charge is 2.21. The molecule has 100 valence electrons. The molecular formula is C13H12N6O. The highest BCUT2D eigenvalue weighted by molar-refractivity contribution is 5.43. The lowest BCUT2D eigenvalue weighted by Crippen LogP contribution is -2.24. The van der Waals surface area contributed by atoms with Crippen molar-refractivity contribution in [1.82, 2.24) is 25.3 Å². The van der Waals surface area contributed by atoms with Crippen LogP contribution in [0.3, 0.4) is 0 Å². The second-order valence-electron chi connectivity index (χ2n) is 4.68. The first-order chi connectivity index (χ1) is 9.88. The van der Waals surface area contributed by atoms with Gasteiger partial charge in [-0.1, -0.05) is 18.2 Å². The number of rotatable bonds is 3. The number of nitrogens with zero attached hydrogens (tertiary/aromatic N) is 5. The van der Waals surface area contributed by atoms with Crippen LogP contribution in [0.5, 0.6) is 5.75 Å². The Morgan fingerprint density at radius 3 is 3.15 bits per heavy atom. The van der Waals surface area contributed by atoms with E-state index >= 15 is 0 Å². The van der Waals surface area contributed by atoms with E-state index in [2.05, 4.69) is 32.0 Å². The summed E-state index contributed by atoms with van der Waals surface area (Å²) in [6, 6.07) is 11.8. The summed E-state index contributed by atoms with van der Waals surface area (Å²) < 4.78 is 7.26. The second-order valence-corrected chi connectivity index (χ2v) is 4.68. The van der Waals surface area contributed by atoms with Gasteiger partial charge in [0.1, 0.15) is 17.7 Å². The minimum absolute atomic E-state index is 0.124. The van der Waals surface area contributed by atoms with Gasteiger partial charge in [0.15, 0.2) is 5.65 Å². The maximum atomic E-state index is 5.86. The van der Waals surface area contributed by atoms with Gasteiger partial charge in [0.2, 0.25) is 0 Å². The molecule has 0 saturated heterocycles. The highest BCUT2D eigenvalue weighted by Crippen LogP contribution is 2.28. The number of benzene rings is 1. The number of ether oxygens (including phenoxy) is 1. The van der Waals surface area contributed by atoms with Crippen molar-refractivity contribution < 1.29 is 4.74 Å². The van der Waals surface area contributed by atoms with E-state index in [0.717, 1.165) is 18.0 Å². The molecule has 1 atom stereocenters. The predicted molar refractivity (Wildman–Crippen MR) is 71.6 cm³/mol. The van der Waals surface area contributed by atoms with Crippen LogP contribution >= 0.6 is 0 Å². The van der Waals surface area contributed by atoms with Gasteiger partial charge in [-0.3, -0.25) is 0 Å². The normalized spacial score (nSPS) is 16.9. The summed E-state index contributed by atoms with van der Waals surface area (Å²) in [5.41, 5.74) is 1.88. The minimum atomic E-state index is 0.124. The number of anilines is 1. The maximum Gasteiger partial charge on any atom is 0.200 e. The first-order valence-electron chi connectivity index (χ1n) is 6.42. The summed E-state index contributed by atoms with van der Waals surface area (Å²) in [6.07, 6.45) is 1.04. The van der Waals surface area contributed by atoms with Crippen molar-refractivity contribution in [2.24, 2.45) is 0 Å². The fourth-order valence-electron chi connectivity index (χ4n) is 2.33. The van der Waals surface area contributed by atoms with E-state index in [-0.39, 0.29) is 6.10 Å². The molecule has 1 unspecified atom stereocenters. The molecular weight excluding hydrogens is 256 g/mol. The van der Waals surface area contributed by atoms with E-state index in [0.29, 0.717) is 12.2 Å². The number of aromatic nitrogens is 5. The van der Waals surface area contributed by atoms with Crippen LogP contribution in [0.15, 0.2) is 36.4 Å². The monoisotopic (exact) mass is 268 g/mol. The number of fused-ring (bicyclic) bond motifs is 2. The average molecular weight is 268 g/mol. The first-order valence-corrected chi connectivity index (χ1v) is 6.42. The van der Waals surface area contributed by atoms with Gasteiger partial charge < -0.3 is 10.1 Å². The molecule has 0 radical (unpaired) electrons. The molecule has 1 aliphatic rings. The number of nitrogens with one attached hydrogen (secondary N) is 1. The maximum absolute atomic E-state index is 5.86. The van der Waals surface area contributed by atoms with Crippen molar-refractivity contribution in [1.29, 1.82) is 0 Å². The average Bonchev–Trinajstić information content (AvgIpc) is 3.10. The Morgan fingerprint density at radius 2 is 2.20 bits per heavy atom. The lowest BCUT2D eigenvalue weighted by Gasteiger charge is -2.11. The zero-order valence-corrected chi connectivity index (χ0v) is 10.6. The molecule has 0 aliphatic carbocycles. The van der Waals surface area contributed by atoms with E-state index in [1.54, 1.807) is 0 Å². The van der Waals surface area contributed by atoms with Crippen LogP contribution in [0.2, 0.25) is 0 Å². The lowest BCUT2D eigenvalue weighted by atomic mass is 10.1. The molecule has 20 heavy (non-hydrogen) atoms. The fraction of sp³-hybridized carbons (Fsp3) is 0.231. The van der Waals surface area contributed by atoms with Crippen LogP contribution in [-0.4, -0.2) is 37.9 Å². The van der Waals surface area contributed by atoms with Crippen LogP contribution in [0, 0.1) is 0 Å². The van der Waals surface area contributed by atoms with Gasteiger partial charge in [0, 0.05) is 6.42 Å². The fourth-order valence-corrected chi connectivity index (χ4v) is 2.33. The number of para-hydroxylation sites is 1. The summed E-state index contributed by atoms with van der Waals surface area (Å²) in [4.78, 5) is 0. The quantitative estimate of drug-likeness (QED) is 0.761. The smallest absolute Gasteiger partial charge is 0.200 e. The van der Waals surface area contributed by atoms with E-state index in [4.69, 9.17) is 4.74 Å². The summed E-state index contributed by atoms with van der Waals surface area (Å²) in [5.74, 6) is 1.70. The van der Waals surface area contributed by atoms with Crippen molar-refractivity contribution in [2.75, 3.05) is 11.9 Å². The van der Waals surface area contributed by atoms with E-state index < -0.39 is 0 Å². The third-order valence-electron chi connectivity index (χ3n) is 3.29. The van der Waals surface area contributed by atoms with E-state index in [1.807, 2.05) is 30.3 Å². The molecule has 0 amide bonds. The Balaban J connectivity index is 1.44. The van der Waals surface area contributed by atoms with Crippen molar-refractivity contribution in [2.45, 2.75) is 12.5 Å². The molecule has 3 heterocycles. The Hall–Kier alpha value is -2.70. The third kappa shape index (κ3) is 1.93. The summed E-state index contributed by atoms with van der Waals surface area (Å²) >= 11 is 0. The Kier molecular flexibility index (Phi) is 2.48. The largest absolute Gasteiger partial charge is 0.488 e. The summed E-state index contributed by atoms with van der Waals surface area (Å²) in [5, 5.41) is 18.6. The van der Waals surface area contributed by atoms with Gasteiger partial charge >= 0.3 is 0 Å². The Labute approximate surface area is 114 Å². The van der Waals surface area contributed by atoms with Crippen LogP contribution in [0.1, 0.15) is 5.56 Å². The van der Waals surface area contributed by atoms with Crippen molar-refractivity contribution in [3.8, 4) is 5.75 Å². The number of hydrogen-bond acceptors (Lipinski definition) is 6. The number of tetrazole rings is 1. The zero-order chi connectivity index (χ0) is 13.4. The first kappa shape index (κ1) is 11.2. The van der Waals surface area contributed by atoms with E-state index in [9.17, 15) is 0 Å².